The topological polar surface area (TPSA) is 49.4 Å². The minimum absolute atomic E-state index is 0.0180. The lowest BCUT2D eigenvalue weighted by Gasteiger charge is -2.21. The maximum atomic E-state index is 13.1. The molecule has 1 aromatic carbocycles. The number of rotatable bonds is 3. The average molecular weight is 282 g/mol. The molecule has 4 nitrogen and oxygen atoms in total. The quantitative estimate of drug-likeness (QED) is 0.917. The van der Waals surface area contributed by atoms with Crippen LogP contribution in [-0.4, -0.2) is 35.3 Å². The van der Waals surface area contributed by atoms with Gasteiger partial charge in [-0.2, -0.15) is 0 Å². The van der Waals surface area contributed by atoms with Crippen LogP contribution in [-0.2, 0) is 4.79 Å². The molecule has 1 aliphatic heterocycles. The summed E-state index contributed by atoms with van der Waals surface area (Å²) in [5.41, 5.74) is 0.0411. The maximum absolute atomic E-state index is 13.1. The number of amides is 2. The molecule has 0 bridgehead atoms. The third-order valence-corrected chi connectivity index (χ3v) is 3.30. The van der Waals surface area contributed by atoms with Crippen molar-refractivity contribution in [1.29, 1.82) is 0 Å². The first kappa shape index (κ1) is 14.4. The van der Waals surface area contributed by atoms with Crippen molar-refractivity contribution in [2.45, 2.75) is 32.4 Å². The molecule has 2 amide bonds. The van der Waals surface area contributed by atoms with Crippen molar-refractivity contribution >= 4 is 11.8 Å². The Bertz CT molecular complexity index is 546. The molecular formula is C14H16F2N2O2. The van der Waals surface area contributed by atoms with Gasteiger partial charge in [0.2, 0.25) is 5.91 Å². The molecule has 0 radical (unpaired) electrons. The molecule has 0 aliphatic carbocycles. The minimum atomic E-state index is -1.07. The molecule has 6 heteroatoms. The van der Waals surface area contributed by atoms with Gasteiger partial charge >= 0.3 is 0 Å². The van der Waals surface area contributed by atoms with E-state index in [-0.39, 0.29) is 30.0 Å². The molecule has 1 aliphatic rings. The molecule has 1 unspecified atom stereocenters. The van der Waals surface area contributed by atoms with Crippen LogP contribution in [0.3, 0.4) is 0 Å². The zero-order valence-electron chi connectivity index (χ0n) is 11.3. The summed E-state index contributed by atoms with van der Waals surface area (Å²) in [6.45, 7) is 4.24. The Morgan fingerprint density at radius 1 is 1.35 bits per heavy atom. The molecule has 0 aromatic heterocycles. The summed E-state index contributed by atoms with van der Waals surface area (Å²) in [5, 5.41) is 2.67. The lowest BCUT2D eigenvalue weighted by molar-refractivity contribution is -0.129. The Balaban J connectivity index is 2.02. The summed E-state index contributed by atoms with van der Waals surface area (Å²) < 4.78 is 25.9. The predicted molar refractivity (Wildman–Crippen MR) is 69.1 cm³/mol. The number of carbonyl (C=O) groups excluding carboxylic acids is 2. The van der Waals surface area contributed by atoms with E-state index in [1.54, 1.807) is 4.90 Å². The summed E-state index contributed by atoms with van der Waals surface area (Å²) >= 11 is 0. The number of nitrogens with one attached hydrogen (secondary N) is 1. The van der Waals surface area contributed by atoms with E-state index in [2.05, 4.69) is 5.32 Å². The van der Waals surface area contributed by atoms with Crippen LogP contribution in [0.25, 0.3) is 0 Å². The average Bonchev–Trinajstić information content (AvgIpc) is 2.73. The molecule has 1 heterocycles. The van der Waals surface area contributed by atoms with Gasteiger partial charge in [-0.05, 0) is 32.0 Å². The standard InChI is InChI=1S/C14H16F2N2O2/c1-8(2)18-7-10(6-13(18)19)17-14(20)9-3-4-11(15)12(16)5-9/h3-5,8,10H,6-7H2,1-2H3,(H,17,20). The van der Waals surface area contributed by atoms with Gasteiger partial charge in [0.15, 0.2) is 11.6 Å². The Kier molecular flexibility index (Phi) is 4.01. The summed E-state index contributed by atoms with van der Waals surface area (Å²) in [6, 6.07) is 2.75. The van der Waals surface area contributed by atoms with Crippen molar-refractivity contribution in [2.75, 3.05) is 6.54 Å². The van der Waals surface area contributed by atoms with E-state index in [1.807, 2.05) is 13.8 Å². The molecule has 1 N–H and O–H groups in total. The number of carbonyl (C=O) groups is 2. The SMILES string of the molecule is CC(C)N1CC(NC(=O)c2ccc(F)c(F)c2)CC1=O. The van der Waals surface area contributed by atoms with Gasteiger partial charge < -0.3 is 10.2 Å². The molecule has 20 heavy (non-hydrogen) atoms. The van der Waals surface area contributed by atoms with Gasteiger partial charge in [-0.25, -0.2) is 8.78 Å². The summed E-state index contributed by atoms with van der Waals surface area (Å²) in [4.78, 5) is 25.3. The summed E-state index contributed by atoms with van der Waals surface area (Å²) in [7, 11) is 0. The van der Waals surface area contributed by atoms with E-state index in [0.29, 0.717) is 6.54 Å². The highest BCUT2D eigenvalue weighted by atomic mass is 19.2. The van der Waals surface area contributed by atoms with Gasteiger partial charge in [0.05, 0.1) is 6.04 Å². The normalized spacial score (nSPS) is 18.8. The van der Waals surface area contributed by atoms with Crippen molar-refractivity contribution in [1.82, 2.24) is 10.2 Å². The molecule has 1 fully saturated rings. The molecule has 2 rings (SSSR count). The second kappa shape index (κ2) is 5.56. The van der Waals surface area contributed by atoms with Crippen LogP contribution in [0.2, 0.25) is 0 Å². The summed E-state index contributed by atoms with van der Waals surface area (Å²) in [6.07, 6.45) is 0.230. The molecule has 0 spiro atoms. The van der Waals surface area contributed by atoms with E-state index in [9.17, 15) is 18.4 Å². The van der Waals surface area contributed by atoms with E-state index in [4.69, 9.17) is 0 Å². The molecule has 1 saturated heterocycles. The van der Waals surface area contributed by atoms with E-state index < -0.39 is 17.5 Å². The fourth-order valence-electron chi connectivity index (χ4n) is 2.23. The van der Waals surface area contributed by atoms with Crippen LogP contribution in [0.4, 0.5) is 8.78 Å². The molecule has 1 aromatic rings. The first-order valence-corrected chi connectivity index (χ1v) is 6.44. The zero-order valence-corrected chi connectivity index (χ0v) is 11.3. The third-order valence-electron chi connectivity index (χ3n) is 3.30. The smallest absolute Gasteiger partial charge is 0.251 e. The highest BCUT2D eigenvalue weighted by Gasteiger charge is 2.32. The fraction of sp³-hybridized carbons (Fsp3) is 0.429. The van der Waals surface area contributed by atoms with Crippen molar-refractivity contribution in [3.63, 3.8) is 0 Å². The first-order chi connectivity index (χ1) is 9.38. The molecule has 1 atom stereocenters. The van der Waals surface area contributed by atoms with Gasteiger partial charge in [0, 0.05) is 24.6 Å². The predicted octanol–water partition coefficient (Wildman–Crippen LogP) is 1.70. The fourth-order valence-corrected chi connectivity index (χ4v) is 2.23. The number of hydrogen-bond acceptors (Lipinski definition) is 2. The Morgan fingerprint density at radius 2 is 2.05 bits per heavy atom. The van der Waals surface area contributed by atoms with Crippen molar-refractivity contribution in [3.8, 4) is 0 Å². The second-order valence-electron chi connectivity index (χ2n) is 5.14. The Morgan fingerprint density at radius 3 is 2.60 bits per heavy atom. The highest BCUT2D eigenvalue weighted by Crippen LogP contribution is 2.15. The van der Waals surface area contributed by atoms with Crippen molar-refractivity contribution < 1.29 is 18.4 Å². The van der Waals surface area contributed by atoms with Crippen LogP contribution < -0.4 is 5.32 Å². The first-order valence-electron chi connectivity index (χ1n) is 6.44. The van der Waals surface area contributed by atoms with E-state index >= 15 is 0 Å². The van der Waals surface area contributed by atoms with E-state index in [1.165, 1.54) is 6.07 Å². The number of hydrogen-bond donors (Lipinski definition) is 1. The number of nitrogens with zero attached hydrogens (tertiary/aromatic N) is 1. The van der Waals surface area contributed by atoms with Gasteiger partial charge in [-0.3, -0.25) is 9.59 Å². The summed E-state index contributed by atoms with van der Waals surface area (Å²) in [5.74, 6) is -2.59. The Hall–Kier alpha value is -1.98. The molecule has 0 saturated carbocycles. The van der Waals surface area contributed by atoms with Gasteiger partial charge in [0.1, 0.15) is 0 Å². The largest absolute Gasteiger partial charge is 0.347 e. The minimum Gasteiger partial charge on any atom is -0.347 e. The van der Waals surface area contributed by atoms with Gasteiger partial charge in [-0.15, -0.1) is 0 Å². The lowest BCUT2D eigenvalue weighted by atomic mass is 10.1. The van der Waals surface area contributed by atoms with Crippen LogP contribution >= 0.6 is 0 Å². The molecular weight excluding hydrogens is 266 g/mol. The number of halogens is 2. The molecule has 108 valence electrons. The maximum Gasteiger partial charge on any atom is 0.251 e. The number of likely N-dealkylation sites (tertiary alicyclic amines) is 1. The van der Waals surface area contributed by atoms with Crippen molar-refractivity contribution in [2.24, 2.45) is 0 Å². The van der Waals surface area contributed by atoms with Crippen LogP contribution in [0.5, 0.6) is 0 Å². The van der Waals surface area contributed by atoms with Crippen LogP contribution in [0.15, 0.2) is 18.2 Å². The Labute approximate surface area is 115 Å². The van der Waals surface area contributed by atoms with Crippen LogP contribution in [0.1, 0.15) is 30.6 Å². The second-order valence-corrected chi connectivity index (χ2v) is 5.14. The monoisotopic (exact) mass is 282 g/mol. The van der Waals surface area contributed by atoms with Gasteiger partial charge in [-0.1, -0.05) is 0 Å². The lowest BCUT2D eigenvalue weighted by Crippen LogP contribution is -2.38. The number of benzene rings is 1. The van der Waals surface area contributed by atoms with Crippen molar-refractivity contribution in [3.05, 3.63) is 35.4 Å². The highest BCUT2D eigenvalue weighted by molar-refractivity contribution is 5.95. The van der Waals surface area contributed by atoms with Crippen LogP contribution in [0, 0.1) is 11.6 Å². The van der Waals surface area contributed by atoms with E-state index in [0.717, 1.165) is 12.1 Å². The zero-order chi connectivity index (χ0) is 14.9. The third kappa shape index (κ3) is 2.95. The van der Waals surface area contributed by atoms with Gasteiger partial charge in [0.25, 0.3) is 5.91 Å².